The van der Waals surface area contributed by atoms with Crippen LogP contribution >= 0.6 is 11.5 Å². The minimum Gasteiger partial charge on any atom is -0.388 e. The summed E-state index contributed by atoms with van der Waals surface area (Å²) < 4.78 is 5.79. The molecule has 0 radical (unpaired) electrons. The second kappa shape index (κ2) is 4.66. The standard InChI is InChI=1S/C12H10N6S/c13-6-5-11-15-8-3-1-2-4-10(8)18(11)7-9-12(14)19-17-16-9/h1-4H,5,7,14H2. The quantitative estimate of drug-likeness (QED) is 0.780. The van der Waals surface area contributed by atoms with Crippen molar-refractivity contribution in [3.63, 3.8) is 0 Å². The largest absolute Gasteiger partial charge is 0.388 e. The van der Waals surface area contributed by atoms with Crippen LogP contribution in [0.2, 0.25) is 0 Å². The summed E-state index contributed by atoms with van der Waals surface area (Å²) in [4.78, 5) is 4.47. The van der Waals surface area contributed by atoms with Crippen LogP contribution in [0.3, 0.4) is 0 Å². The van der Waals surface area contributed by atoms with Crippen molar-refractivity contribution >= 4 is 27.6 Å². The van der Waals surface area contributed by atoms with E-state index in [4.69, 9.17) is 11.0 Å². The van der Waals surface area contributed by atoms with Gasteiger partial charge < -0.3 is 10.3 Å². The molecule has 0 aliphatic rings. The Morgan fingerprint density at radius 1 is 1.37 bits per heavy atom. The first kappa shape index (κ1) is 11.6. The lowest BCUT2D eigenvalue weighted by molar-refractivity contribution is 0.748. The van der Waals surface area contributed by atoms with Crippen LogP contribution < -0.4 is 5.73 Å². The highest BCUT2D eigenvalue weighted by Crippen LogP contribution is 2.20. The molecule has 94 valence electrons. The molecule has 0 unspecified atom stereocenters. The van der Waals surface area contributed by atoms with Crippen LogP contribution in [0, 0.1) is 11.3 Å². The number of fused-ring (bicyclic) bond motifs is 1. The zero-order valence-electron chi connectivity index (χ0n) is 9.95. The van der Waals surface area contributed by atoms with Crippen molar-refractivity contribution in [3.05, 3.63) is 35.8 Å². The summed E-state index contributed by atoms with van der Waals surface area (Å²) in [5.41, 5.74) is 8.38. The number of nitrogen functional groups attached to an aromatic ring is 1. The molecule has 0 amide bonds. The Morgan fingerprint density at radius 2 is 2.21 bits per heavy atom. The molecule has 0 spiro atoms. The van der Waals surface area contributed by atoms with Crippen molar-refractivity contribution in [2.45, 2.75) is 13.0 Å². The number of hydrogen-bond acceptors (Lipinski definition) is 6. The monoisotopic (exact) mass is 270 g/mol. The lowest BCUT2D eigenvalue weighted by atomic mass is 10.3. The van der Waals surface area contributed by atoms with Gasteiger partial charge in [0.25, 0.3) is 0 Å². The minimum atomic E-state index is 0.256. The van der Waals surface area contributed by atoms with Gasteiger partial charge in [-0.2, -0.15) is 5.26 Å². The van der Waals surface area contributed by atoms with E-state index in [9.17, 15) is 0 Å². The Bertz CT molecular complexity index is 766. The second-order valence-corrected chi connectivity index (χ2v) is 4.81. The van der Waals surface area contributed by atoms with E-state index in [0.29, 0.717) is 17.2 Å². The maximum atomic E-state index is 8.90. The van der Waals surface area contributed by atoms with Crippen LogP contribution in [0.25, 0.3) is 11.0 Å². The van der Waals surface area contributed by atoms with E-state index >= 15 is 0 Å². The second-order valence-electron chi connectivity index (χ2n) is 4.02. The molecule has 6 nitrogen and oxygen atoms in total. The fourth-order valence-electron chi connectivity index (χ4n) is 1.98. The molecule has 0 bridgehead atoms. The van der Waals surface area contributed by atoms with Crippen molar-refractivity contribution in [2.75, 3.05) is 5.73 Å². The van der Waals surface area contributed by atoms with Crippen LogP contribution in [0.15, 0.2) is 24.3 Å². The summed E-state index contributed by atoms with van der Waals surface area (Å²) in [7, 11) is 0. The van der Waals surface area contributed by atoms with Crippen molar-refractivity contribution in [1.29, 1.82) is 5.26 Å². The number of rotatable bonds is 3. The van der Waals surface area contributed by atoms with Gasteiger partial charge in [0.15, 0.2) is 0 Å². The molecular weight excluding hydrogens is 260 g/mol. The lowest BCUT2D eigenvalue weighted by Gasteiger charge is -2.05. The third-order valence-electron chi connectivity index (χ3n) is 2.86. The average Bonchev–Trinajstić information content (AvgIpc) is 2.96. The average molecular weight is 270 g/mol. The molecule has 7 heteroatoms. The summed E-state index contributed by atoms with van der Waals surface area (Å²) in [6.07, 6.45) is 0.256. The molecule has 0 aliphatic carbocycles. The molecule has 3 aromatic rings. The Labute approximate surface area is 113 Å². The predicted octanol–water partition coefficient (Wildman–Crippen LogP) is 1.58. The molecule has 1 aromatic carbocycles. The fraction of sp³-hybridized carbons (Fsp3) is 0.167. The van der Waals surface area contributed by atoms with Gasteiger partial charge in [-0.1, -0.05) is 16.6 Å². The van der Waals surface area contributed by atoms with Gasteiger partial charge in [0.1, 0.15) is 16.5 Å². The lowest BCUT2D eigenvalue weighted by Crippen LogP contribution is -2.06. The smallest absolute Gasteiger partial charge is 0.132 e. The molecule has 0 atom stereocenters. The van der Waals surface area contributed by atoms with E-state index in [1.807, 2.05) is 28.8 Å². The molecule has 3 rings (SSSR count). The number of benzene rings is 1. The molecule has 0 saturated carbocycles. The molecule has 2 heterocycles. The Balaban J connectivity index is 2.12. The van der Waals surface area contributed by atoms with Gasteiger partial charge in [0, 0.05) is 11.5 Å². The van der Waals surface area contributed by atoms with Gasteiger partial charge in [0.2, 0.25) is 0 Å². The first-order valence-electron chi connectivity index (χ1n) is 5.67. The zero-order chi connectivity index (χ0) is 13.2. The van der Waals surface area contributed by atoms with Crippen molar-refractivity contribution < 1.29 is 0 Å². The van der Waals surface area contributed by atoms with Crippen LogP contribution in [-0.2, 0) is 13.0 Å². The first-order valence-corrected chi connectivity index (χ1v) is 6.44. The Hall–Kier alpha value is -2.46. The van der Waals surface area contributed by atoms with Gasteiger partial charge in [-0.25, -0.2) is 4.98 Å². The maximum Gasteiger partial charge on any atom is 0.132 e. The summed E-state index contributed by atoms with van der Waals surface area (Å²) in [5, 5.41) is 13.5. The summed E-state index contributed by atoms with van der Waals surface area (Å²) in [6.45, 7) is 0.486. The van der Waals surface area contributed by atoms with E-state index in [2.05, 4.69) is 20.6 Å². The van der Waals surface area contributed by atoms with Crippen LogP contribution in [0.1, 0.15) is 11.5 Å². The molecule has 0 saturated heterocycles. The maximum absolute atomic E-state index is 8.90. The van der Waals surface area contributed by atoms with Crippen LogP contribution in [-0.4, -0.2) is 19.1 Å². The highest BCUT2D eigenvalue weighted by atomic mass is 32.1. The van der Waals surface area contributed by atoms with E-state index in [0.717, 1.165) is 16.9 Å². The Morgan fingerprint density at radius 3 is 2.95 bits per heavy atom. The minimum absolute atomic E-state index is 0.256. The topological polar surface area (TPSA) is 93.4 Å². The predicted molar refractivity (Wildman–Crippen MR) is 72.5 cm³/mol. The van der Waals surface area contributed by atoms with Crippen molar-refractivity contribution in [2.24, 2.45) is 0 Å². The molecule has 2 N–H and O–H groups in total. The summed E-state index contributed by atoms with van der Waals surface area (Å²) in [5.74, 6) is 0.719. The number of imidazole rings is 1. The van der Waals surface area contributed by atoms with Gasteiger partial charge in [-0.15, -0.1) is 5.10 Å². The molecular formula is C12H10N6S. The number of nitriles is 1. The fourth-order valence-corrected chi connectivity index (χ4v) is 2.42. The Kier molecular flexibility index (Phi) is 2.85. The number of anilines is 1. The van der Waals surface area contributed by atoms with Gasteiger partial charge >= 0.3 is 0 Å². The summed E-state index contributed by atoms with van der Waals surface area (Å²) in [6, 6.07) is 9.90. The van der Waals surface area contributed by atoms with Crippen molar-refractivity contribution in [3.8, 4) is 6.07 Å². The third kappa shape index (κ3) is 2.02. The normalized spacial score (nSPS) is 10.7. The number of nitrogens with zero attached hydrogens (tertiary/aromatic N) is 5. The van der Waals surface area contributed by atoms with Crippen molar-refractivity contribution in [1.82, 2.24) is 19.1 Å². The van der Waals surface area contributed by atoms with E-state index in [1.165, 1.54) is 11.5 Å². The summed E-state index contributed by atoms with van der Waals surface area (Å²) >= 11 is 1.17. The highest BCUT2D eigenvalue weighted by Gasteiger charge is 2.13. The molecule has 2 aromatic heterocycles. The van der Waals surface area contributed by atoms with Gasteiger partial charge in [-0.05, 0) is 12.1 Å². The number of hydrogen-bond donors (Lipinski definition) is 1. The van der Waals surface area contributed by atoms with Crippen LogP contribution in [0.5, 0.6) is 0 Å². The van der Waals surface area contributed by atoms with Gasteiger partial charge in [0.05, 0.1) is 30.1 Å². The zero-order valence-corrected chi connectivity index (χ0v) is 10.8. The van der Waals surface area contributed by atoms with E-state index in [-0.39, 0.29) is 6.42 Å². The highest BCUT2D eigenvalue weighted by molar-refractivity contribution is 7.09. The van der Waals surface area contributed by atoms with Gasteiger partial charge in [-0.3, -0.25) is 0 Å². The molecule has 0 fully saturated rings. The van der Waals surface area contributed by atoms with E-state index < -0.39 is 0 Å². The SMILES string of the molecule is N#CCc1nc2ccccc2n1Cc1nnsc1N. The number of nitrogens with two attached hydrogens (primary N) is 1. The number of para-hydroxylation sites is 2. The van der Waals surface area contributed by atoms with E-state index in [1.54, 1.807) is 0 Å². The van der Waals surface area contributed by atoms with Crippen LogP contribution in [0.4, 0.5) is 5.00 Å². The molecule has 19 heavy (non-hydrogen) atoms. The molecule has 0 aliphatic heterocycles. The first-order chi connectivity index (χ1) is 9.29. The number of aromatic nitrogens is 4. The third-order valence-corrected chi connectivity index (χ3v) is 3.46.